The first-order valence-electron chi connectivity index (χ1n) is 7.58. The van der Waals surface area contributed by atoms with Crippen molar-refractivity contribution in [1.82, 2.24) is 10.3 Å². The lowest BCUT2D eigenvalue weighted by Gasteiger charge is -2.30. The standard InChI is InChI=1S/C16H23N3O4/c1-11(16(21)19-9-12-2-5-18-6-3-12)4-7-22-15-8-14(20)13(17)10-23-15/h2-3,5-6,13-15,20H,1,4,7-10,17H2,(H,19,21)/t13-,14-,15?/m0/s1. The SMILES string of the molecule is C=C(CCOC1C[C@H](O)[C@@H](N)CO1)C(=O)NCc1ccncc1. The number of ether oxygens (including phenoxy) is 2. The summed E-state index contributed by atoms with van der Waals surface area (Å²) < 4.78 is 10.9. The third kappa shape index (κ3) is 5.72. The van der Waals surface area contributed by atoms with Crippen LogP contribution in [0.1, 0.15) is 18.4 Å². The van der Waals surface area contributed by atoms with Gasteiger partial charge in [0.25, 0.3) is 0 Å². The van der Waals surface area contributed by atoms with Gasteiger partial charge in [0.2, 0.25) is 5.91 Å². The smallest absolute Gasteiger partial charge is 0.246 e. The fourth-order valence-corrected chi connectivity index (χ4v) is 2.12. The van der Waals surface area contributed by atoms with Crippen LogP contribution in [0, 0.1) is 0 Å². The first kappa shape index (κ1) is 17.6. The molecule has 2 heterocycles. The first-order valence-corrected chi connectivity index (χ1v) is 7.58. The van der Waals surface area contributed by atoms with E-state index in [9.17, 15) is 9.90 Å². The summed E-state index contributed by atoms with van der Waals surface area (Å²) in [6.07, 6.45) is 2.97. The minimum Gasteiger partial charge on any atom is -0.391 e. The maximum Gasteiger partial charge on any atom is 0.246 e. The van der Waals surface area contributed by atoms with Crippen LogP contribution in [-0.4, -0.2) is 47.6 Å². The Morgan fingerprint density at radius 2 is 2.26 bits per heavy atom. The van der Waals surface area contributed by atoms with Crippen molar-refractivity contribution in [2.24, 2.45) is 5.73 Å². The van der Waals surface area contributed by atoms with Crippen molar-refractivity contribution in [3.63, 3.8) is 0 Å². The van der Waals surface area contributed by atoms with Gasteiger partial charge in [-0.2, -0.15) is 0 Å². The number of aliphatic hydroxyl groups is 1. The molecule has 7 heteroatoms. The highest BCUT2D eigenvalue weighted by molar-refractivity contribution is 5.92. The van der Waals surface area contributed by atoms with Gasteiger partial charge in [-0.25, -0.2) is 0 Å². The minimum absolute atomic E-state index is 0.211. The van der Waals surface area contributed by atoms with Gasteiger partial charge in [0.1, 0.15) is 0 Å². The van der Waals surface area contributed by atoms with Crippen LogP contribution >= 0.6 is 0 Å². The van der Waals surface area contributed by atoms with Gasteiger partial charge in [-0.3, -0.25) is 9.78 Å². The molecule has 2 rings (SSSR count). The molecule has 1 amide bonds. The van der Waals surface area contributed by atoms with Crippen molar-refractivity contribution >= 4 is 5.91 Å². The molecule has 3 atom stereocenters. The van der Waals surface area contributed by atoms with Crippen molar-refractivity contribution in [2.45, 2.75) is 37.8 Å². The lowest BCUT2D eigenvalue weighted by atomic mass is 10.1. The highest BCUT2D eigenvalue weighted by Gasteiger charge is 2.27. The number of hydrogen-bond donors (Lipinski definition) is 3. The Morgan fingerprint density at radius 1 is 1.52 bits per heavy atom. The van der Waals surface area contributed by atoms with Crippen LogP contribution in [0.5, 0.6) is 0 Å². The number of rotatable bonds is 7. The second-order valence-electron chi connectivity index (χ2n) is 5.49. The summed E-state index contributed by atoms with van der Waals surface area (Å²) in [6, 6.07) is 3.30. The summed E-state index contributed by atoms with van der Waals surface area (Å²) in [5.74, 6) is -0.211. The van der Waals surface area contributed by atoms with Crippen LogP contribution in [0.25, 0.3) is 0 Å². The van der Waals surface area contributed by atoms with E-state index < -0.39 is 12.4 Å². The van der Waals surface area contributed by atoms with Crippen LogP contribution in [0.2, 0.25) is 0 Å². The Kier molecular flexibility index (Phi) is 6.66. The number of nitrogens with one attached hydrogen (secondary N) is 1. The Bertz CT molecular complexity index is 523. The average molecular weight is 321 g/mol. The fraction of sp³-hybridized carbons (Fsp3) is 0.500. The van der Waals surface area contributed by atoms with Crippen molar-refractivity contribution in [3.8, 4) is 0 Å². The molecule has 1 fully saturated rings. The lowest BCUT2D eigenvalue weighted by Crippen LogP contribution is -2.47. The van der Waals surface area contributed by atoms with Gasteiger partial charge in [-0.05, 0) is 17.7 Å². The monoisotopic (exact) mass is 321 g/mol. The van der Waals surface area contributed by atoms with Gasteiger partial charge in [0.15, 0.2) is 6.29 Å². The number of nitrogens with two attached hydrogens (primary N) is 1. The third-order valence-corrected chi connectivity index (χ3v) is 3.63. The van der Waals surface area contributed by atoms with Gasteiger partial charge >= 0.3 is 0 Å². The van der Waals surface area contributed by atoms with Crippen molar-refractivity contribution < 1.29 is 19.4 Å². The normalized spacial score (nSPS) is 24.2. The number of carbonyl (C=O) groups excluding carboxylic acids is 1. The number of pyridine rings is 1. The minimum atomic E-state index is -0.624. The van der Waals surface area contributed by atoms with E-state index >= 15 is 0 Å². The van der Waals surface area contributed by atoms with Crippen molar-refractivity contribution in [2.75, 3.05) is 13.2 Å². The summed E-state index contributed by atoms with van der Waals surface area (Å²) in [6.45, 7) is 4.75. The maximum absolute atomic E-state index is 11.9. The zero-order chi connectivity index (χ0) is 16.7. The van der Waals surface area contributed by atoms with Gasteiger partial charge in [0, 0.05) is 37.4 Å². The fourth-order valence-electron chi connectivity index (χ4n) is 2.12. The van der Waals surface area contributed by atoms with Crippen molar-refractivity contribution in [3.05, 3.63) is 42.2 Å². The molecule has 0 bridgehead atoms. The van der Waals surface area contributed by atoms with E-state index in [0.717, 1.165) is 5.56 Å². The van der Waals surface area contributed by atoms with Gasteiger partial charge in [-0.15, -0.1) is 0 Å². The summed E-state index contributed by atoms with van der Waals surface area (Å²) in [4.78, 5) is 15.8. The summed E-state index contributed by atoms with van der Waals surface area (Å²) in [5, 5.41) is 12.4. The molecule has 1 aliphatic heterocycles. The predicted octanol–water partition coefficient (Wildman–Crippen LogP) is 0.0953. The second-order valence-corrected chi connectivity index (χ2v) is 5.49. The summed E-state index contributed by atoms with van der Waals surface area (Å²) in [5.41, 5.74) is 7.04. The van der Waals surface area contributed by atoms with Gasteiger partial charge in [-0.1, -0.05) is 6.58 Å². The van der Waals surface area contributed by atoms with Crippen LogP contribution in [0.3, 0.4) is 0 Å². The lowest BCUT2D eigenvalue weighted by molar-refractivity contribution is -0.189. The van der Waals surface area contributed by atoms with E-state index in [1.54, 1.807) is 12.4 Å². The molecule has 1 unspecified atom stereocenters. The molecule has 0 spiro atoms. The summed E-state index contributed by atoms with van der Waals surface area (Å²) >= 11 is 0. The van der Waals surface area contributed by atoms with E-state index in [1.807, 2.05) is 12.1 Å². The zero-order valence-electron chi connectivity index (χ0n) is 13.0. The Balaban J connectivity index is 1.63. The van der Waals surface area contributed by atoms with Crippen molar-refractivity contribution in [1.29, 1.82) is 0 Å². The van der Waals surface area contributed by atoms with E-state index in [0.29, 0.717) is 31.6 Å². The number of carbonyl (C=O) groups is 1. The Morgan fingerprint density at radius 3 is 2.96 bits per heavy atom. The molecule has 0 aromatic carbocycles. The molecule has 7 nitrogen and oxygen atoms in total. The molecular formula is C16H23N3O4. The largest absolute Gasteiger partial charge is 0.391 e. The van der Waals surface area contributed by atoms with E-state index in [1.165, 1.54) is 0 Å². The molecule has 4 N–H and O–H groups in total. The van der Waals surface area contributed by atoms with Crippen LogP contribution in [0.15, 0.2) is 36.7 Å². The number of amides is 1. The number of nitrogens with zero attached hydrogens (tertiary/aromatic N) is 1. The first-order chi connectivity index (χ1) is 11.1. The van der Waals surface area contributed by atoms with Crippen LogP contribution in [-0.2, 0) is 20.8 Å². The molecule has 0 saturated carbocycles. The van der Waals surface area contributed by atoms with Gasteiger partial charge < -0.3 is 25.6 Å². The molecule has 0 aliphatic carbocycles. The maximum atomic E-state index is 11.9. The number of hydrogen-bond acceptors (Lipinski definition) is 6. The molecule has 1 aromatic heterocycles. The molecule has 126 valence electrons. The highest BCUT2D eigenvalue weighted by atomic mass is 16.7. The molecule has 1 saturated heterocycles. The zero-order valence-corrected chi connectivity index (χ0v) is 13.0. The molecule has 1 aromatic rings. The molecule has 1 aliphatic rings. The topological polar surface area (TPSA) is 107 Å². The molecule has 0 radical (unpaired) electrons. The second kappa shape index (κ2) is 8.73. The predicted molar refractivity (Wildman–Crippen MR) is 84.1 cm³/mol. The average Bonchev–Trinajstić information content (AvgIpc) is 2.56. The van der Waals surface area contributed by atoms with Gasteiger partial charge in [0.05, 0.1) is 25.4 Å². The Hall–Kier alpha value is -1.80. The van der Waals surface area contributed by atoms with E-state index in [4.69, 9.17) is 15.2 Å². The number of aromatic nitrogens is 1. The third-order valence-electron chi connectivity index (χ3n) is 3.63. The quantitative estimate of drug-likeness (QED) is 0.615. The van der Waals surface area contributed by atoms with Crippen LogP contribution in [0.4, 0.5) is 0 Å². The number of aliphatic hydroxyl groups excluding tert-OH is 1. The van der Waals surface area contributed by atoms with Crippen LogP contribution < -0.4 is 11.1 Å². The summed E-state index contributed by atoms with van der Waals surface area (Å²) in [7, 11) is 0. The Labute approximate surface area is 135 Å². The van der Waals surface area contributed by atoms with E-state index in [-0.39, 0.29) is 18.6 Å². The van der Waals surface area contributed by atoms with E-state index in [2.05, 4.69) is 16.9 Å². The highest BCUT2D eigenvalue weighted by Crippen LogP contribution is 2.15. The molecular weight excluding hydrogens is 298 g/mol. The molecule has 23 heavy (non-hydrogen) atoms.